The van der Waals surface area contributed by atoms with Crippen LogP contribution in [0.5, 0.6) is 5.75 Å². The van der Waals surface area contributed by atoms with Gasteiger partial charge in [-0.1, -0.05) is 36.4 Å². The Kier molecular flexibility index (Phi) is 7.31. The number of benzene rings is 4. The molecule has 0 saturated heterocycles. The lowest BCUT2D eigenvalue weighted by atomic mass is 10.1. The lowest BCUT2D eigenvalue weighted by Gasteiger charge is -2.12. The summed E-state index contributed by atoms with van der Waals surface area (Å²) >= 11 is 8.35. The summed E-state index contributed by atoms with van der Waals surface area (Å²) in [5.41, 5.74) is 4.29. The molecule has 0 aliphatic carbocycles. The lowest BCUT2D eigenvalue weighted by Crippen LogP contribution is -2.16. The monoisotopic (exact) mass is 637 g/mol. The van der Waals surface area contributed by atoms with E-state index < -0.39 is 10.8 Å². The van der Waals surface area contributed by atoms with Gasteiger partial charge in [-0.3, -0.25) is 14.9 Å². The summed E-state index contributed by atoms with van der Waals surface area (Å²) in [5, 5.41) is 18.0. The van der Waals surface area contributed by atoms with E-state index in [2.05, 4.69) is 66.7 Å². The summed E-state index contributed by atoms with van der Waals surface area (Å²) in [4.78, 5) is 23.4. The molecule has 0 unspecified atom stereocenters. The van der Waals surface area contributed by atoms with Gasteiger partial charge in [0.15, 0.2) is 0 Å². The first-order valence-corrected chi connectivity index (χ1v) is 13.4. The fraction of sp³-hybridized carbons (Fsp3) is 0.0370. The zero-order valence-corrected chi connectivity index (χ0v) is 23.0. The van der Waals surface area contributed by atoms with E-state index in [1.54, 1.807) is 12.1 Å². The number of thiophene rings is 1. The van der Waals surface area contributed by atoms with Crippen molar-refractivity contribution < 1.29 is 14.5 Å². The van der Waals surface area contributed by atoms with Crippen molar-refractivity contribution in [1.82, 2.24) is 5.43 Å². The van der Waals surface area contributed by atoms with Crippen LogP contribution in [0, 0.1) is 10.1 Å². The SMILES string of the molecule is O=C(N/N=C\c1cc(Br)c(OCc2ccc3ccccc3c2)c(Br)c1)c1cc2cc([N+](=O)[O-])ccc2s1. The summed E-state index contributed by atoms with van der Waals surface area (Å²) in [6.07, 6.45) is 1.53. The Balaban J connectivity index is 1.24. The van der Waals surface area contributed by atoms with Crippen LogP contribution >= 0.6 is 43.2 Å². The Hall–Kier alpha value is -3.60. The molecule has 0 atom stereocenters. The highest BCUT2D eigenvalue weighted by Gasteiger charge is 2.13. The second-order valence-electron chi connectivity index (χ2n) is 8.07. The molecule has 1 aromatic heterocycles. The quantitative estimate of drug-likeness (QED) is 0.112. The molecule has 37 heavy (non-hydrogen) atoms. The fourth-order valence-corrected chi connectivity index (χ4v) is 6.14. The highest BCUT2D eigenvalue weighted by molar-refractivity contribution is 9.11. The zero-order valence-electron chi connectivity index (χ0n) is 19.0. The molecule has 1 amide bonds. The molecule has 184 valence electrons. The number of nitrogens with one attached hydrogen (secondary N) is 1. The number of fused-ring (bicyclic) bond motifs is 2. The number of non-ortho nitro benzene ring substituents is 1. The van der Waals surface area contributed by atoms with Crippen LogP contribution in [-0.2, 0) is 6.61 Å². The molecule has 0 saturated carbocycles. The minimum Gasteiger partial charge on any atom is -0.487 e. The van der Waals surface area contributed by atoms with Crippen LogP contribution in [0.3, 0.4) is 0 Å². The van der Waals surface area contributed by atoms with Gasteiger partial charge in [0.05, 0.1) is 25.0 Å². The van der Waals surface area contributed by atoms with Crippen LogP contribution in [0.1, 0.15) is 20.8 Å². The van der Waals surface area contributed by atoms with Crippen LogP contribution in [0.25, 0.3) is 20.9 Å². The Morgan fingerprint density at radius 2 is 1.73 bits per heavy atom. The van der Waals surface area contributed by atoms with Crippen LogP contribution in [-0.4, -0.2) is 17.0 Å². The Bertz CT molecular complexity index is 1680. The number of nitro groups is 1. The van der Waals surface area contributed by atoms with E-state index in [4.69, 9.17) is 4.74 Å². The number of hydrogen-bond acceptors (Lipinski definition) is 6. The maximum atomic E-state index is 12.5. The van der Waals surface area contributed by atoms with Crippen molar-refractivity contribution in [2.45, 2.75) is 6.61 Å². The zero-order chi connectivity index (χ0) is 25.9. The molecule has 1 heterocycles. The molecule has 7 nitrogen and oxygen atoms in total. The summed E-state index contributed by atoms with van der Waals surface area (Å²) in [7, 11) is 0. The number of carbonyl (C=O) groups is 1. The first-order chi connectivity index (χ1) is 17.9. The number of hydrazone groups is 1. The van der Waals surface area contributed by atoms with Gasteiger partial charge in [0.1, 0.15) is 12.4 Å². The van der Waals surface area contributed by atoms with Crippen LogP contribution < -0.4 is 10.2 Å². The largest absolute Gasteiger partial charge is 0.487 e. The van der Waals surface area contributed by atoms with Gasteiger partial charge in [-0.2, -0.15) is 5.10 Å². The van der Waals surface area contributed by atoms with Crippen LogP contribution in [0.4, 0.5) is 5.69 Å². The summed E-state index contributed by atoms with van der Waals surface area (Å²) in [5.74, 6) is 0.266. The number of nitrogens with zero attached hydrogens (tertiary/aromatic N) is 2. The van der Waals surface area contributed by atoms with Crippen LogP contribution in [0.2, 0.25) is 0 Å². The third-order valence-corrected chi connectivity index (χ3v) is 7.82. The molecule has 0 spiro atoms. The third-order valence-electron chi connectivity index (χ3n) is 5.53. The van der Waals surface area contributed by atoms with E-state index in [-0.39, 0.29) is 5.69 Å². The van der Waals surface area contributed by atoms with Crippen molar-refractivity contribution in [2.75, 3.05) is 0 Å². The Labute approximate surface area is 232 Å². The highest BCUT2D eigenvalue weighted by atomic mass is 79.9. The van der Waals surface area contributed by atoms with Gasteiger partial charge < -0.3 is 4.74 Å². The Morgan fingerprint density at radius 1 is 0.973 bits per heavy atom. The maximum Gasteiger partial charge on any atom is 0.281 e. The van der Waals surface area contributed by atoms with Crippen molar-refractivity contribution in [3.63, 3.8) is 0 Å². The molecule has 0 bridgehead atoms. The average Bonchev–Trinajstić information content (AvgIpc) is 3.32. The number of nitro benzene ring substituents is 1. The number of ether oxygens (including phenoxy) is 1. The standard InChI is InChI=1S/C27H17Br2N3O4S/c28-22-10-17(11-23(29)26(22)36-15-16-5-6-18-3-1-2-4-19(18)9-16)14-30-31-27(33)25-13-20-12-21(32(34)35)7-8-24(20)37-25/h1-14H,15H2,(H,31,33)/b30-14-. The number of amides is 1. The molecule has 4 aromatic carbocycles. The van der Waals surface area contributed by atoms with Gasteiger partial charge in [-0.25, -0.2) is 5.43 Å². The van der Waals surface area contributed by atoms with Gasteiger partial charge in [-0.05, 0) is 84.1 Å². The predicted octanol–water partition coefficient (Wildman–Crippen LogP) is 7.83. The van der Waals surface area contributed by atoms with Gasteiger partial charge in [0, 0.05) is 22.2 Å². The second kappa shape index (κ2) is 10.8. The molecule has 1 N–H and O–H groups in total. The number of carbonyl (C=O) groups excluding carboxylic acids is 1. The molecule has 0 radical (unpaired) electrons. The van der Waals surface area contributed by atoms with E-state index in [0.717, 1.165) is 30.2 Å². The molecule has 0 aliphatic heterocycles. The minimum absolute atomic E-state index is 0.0175. The molecule has 5 rings (SSSR count). The van der Waals surface area contributed by atoms with E-state index in [0.29, 0.717) is 22.6 Å². The van der Waals surface area contributed by atoms with Crippen molar-refractivity contribution in [1.29, 1.82) is 0 Å². The molecular weight excluding hydrogens is 622 g/mol. The topological polar surface area (TPSA) is 93.8 Å². The van der Waals surface area contributed by atoms with Crippen molar-refractivity contribution in [2.24, 2.45) is 5.10 Å². The molecule has 0 fully saturated rings. The number of hydrogen-bond donors (Lipinski definition) is 1. The van der Waals surface area contributed by atoms with E-state index >= 15 is 0 Å². The van der Waals surface area contributed by atoms with Crippen molar-refractivity contribution in [3.8, 4) is 5.75 Å². The smallest absolute Gasteiger partial charge is 0.281 e. The van der Waals surface area contributed by atoms with Crippen molar-refractivity contribution in [3.05, 3.63) is 114 Å². The van der Waals surface area contributed by atoms with E-state index in [1.165, 1.54) is 35.1 Å². The van der Waals surface area contributed by atoms with Crippen LogP contribution in [0.15, 0.2) is 92.9 Å². The first kappa shape index (κ1) is 25.1. The molecule has 5 aromatic rings. The molecule has 0 aliphatic rings. The number of rotatable bonds is 7. The minimum atomic E-state index is -0.461. The molecule has 10 heteroatoms. The highest BCUT2D eigenvalue weighted by Crippen LogP contribution is 2.35. The maximum absolute atomic E-state index is 12.5. The summed E-state index contributed by atoms with van der Waals surface area (Å²) in [6.45, 7) is 0.407. The molecular formula is C27H17Br2N3O4S. The van der Waals surface area contributed by atoms with Gasteiger partial charge in [0.25, 0.3) is 11.6 Å². The summed E-state index contributed by atoms with van der Waals surface area (Å²) in [6, 6.07) is 24.2. The lowest BCUT2D eigenvalue weighted by molar-refractivity contribution is -0.384. The van der Waals surface area contributed by atoms with E-state index in [1.807, 2.05) is 30.3 Å². The van der Waals surface area contributed by atoms with Gasteiger partial charge in [-0.15, -0.1) is 11.3 Å². The summed E-state index contributed by atoms with van der Waals surface area (Å²) < 4.78 is 8.32. The predicted molar refractivity (Wildman–Crippen MR) is 154 cm³/mol. The third kappa shape index (κ3) is 5.71. The van der Waals surface area contributed by atoms with E-state index in [9.17, 15) is 14.9 Å². The Morgan fingerprint density at radius 3 is 2.49 bits per heavy atom. The van der Waals surface area contributed by atoms with Crippen molar-refractivity contribution >= 4 is 81.9 Å². The second-order valence-corrected chi connectivity index (χ2v) is 10.9. The average molecular weight is 639 g/mol. The normalized spacial score (nSPS) is 11.3. The first-order valence-electron chi connectivity index (χ1n) is 11.0. The number of halogens is 2. The van der Waals surface area contributed by atoms with Gasteiger partial charge >= 0.3 is 0 Å². The fourth-order valence-electron chi connectivity index (χ4n) is 3.75. The van der Waals surface area contributed by atoms with Gasteiger partial charge in [0.2, 0.25) is 0 Å².